The maximum Gasteiger partial charge on any atom is 0.343 e. The topological polar surface area (TPSA) is 87.4 Å². The molecule has 0 spiro atoms. The second-order valence-corrected chi connectivity index (χ2v) is 11.3. The molecule has 0 amide bonds. The lowest BCUT2D eigenvalue weighted by atomic mass is 10.1. The Balaban J connectivity index is 1.23. The van der Waals surface area contributed by atoms with Crippen LogP contribution in [-0.2, 0) is 6.54 Å². The van der Waals surface area contributed by atoms with Gasteiger partial charge in [0.25, 0.3) is 0 Å². The lowest BCUT2D eigenvalue weighted by Gasteiger charge is -2.12. The average Bonchev–Trinajstić information content (AvgIpc) is 3.09. The first-order chi connectivity index (χ1) is 22.9. The predicted octanol–water partition coefficient (Wildman–Crippen LogP) is 7.31. The molecule has 4 rings (SSSR count). The van der Waals surface area contributed by atoms with Crippen LogP contribution in [0.15, 0.2) is 91.3 Å². The Morgan fingerprint density at radius 1 is 0.638 bits per heavy atom. The molecule has 0 aliphatic carbocycles. The number of carbonyl (C=O) groups is 2. The first kappa shape index (κ1) is 34.8. The zero-order valence-corrected chi connectivity index (χ0v) is 27.8. The van der Waals surface area contributed by atoms with Crippen LogP contribution in [0.5, 0.6) is 28.7 Å². The molecule has 0 aliphatic rings. The van der Waals surface area contributed by atoms with E-state index in [1.807, 2.05) is 48.1 Å². The number of hydrogen-bond acceptors (Lipinski definition) is 8. The molecule has 0 atom stereocenters. The maximum absolute atomic E-state index is 12.9. The Bertz CT molecular complexity index is 1550. The number of benzene rings is 3. The van der Waals surface area contributed by atoms with Crippen molar-refractivity contribution in [3.63, 3.8) is 0 Å². The molecule has 0 saturated carbocycles. The summed E-state index contributed by atoms with van der Waals surface area (Å²) >= 11 is 0. The summed E-state index contributed by atoms with van der Waals surface area (Å²) < 4.78 is 30.2. The van der Waals surface area contributed by atoms with Gasteiger partial charge in [-0.1, -0.05) is 39.0 Å². The number of esters is 2. The van der Waals surface area contributed by atoms with Gasteiger partial charge < -0.3 is 28.6 Å². The summed E-state index contributed by atoms with van der Waals surface area (Å²) in [5, 5.41) is 0. The van der Waals surface area contributed by atoms with Crippen LogP contribution in [0, 0.1) is 0 Å². The smallest absolute Gasteiger partial charge is 0.343 e. The highest BCUT2D eigenvalue weighted by Crippen LogP contribution is 2.29. The molecule has 9 heteroatoms. The first-order valence-corrected chi connectivity index (χ1v) is 16.1. The molecule has 1 heterocycles. The molecule has 47 heavy (non-hydrogen) atoms. The van der Waals surface area contributed by atoms with Crippen LogP contribution in [0.4, 0.5) is 5.69 Å². The van der Waals surface area contributed by atoms with E-state index >= 15 is 0 Å². The maximum atomic E-state index is 12.9. The monoisotopic (exact) mass is 641 g/mol. The SMILES string of the molecule is CCCCCCCCOc1ccc(C(=O)Oc2ccc(OC(=O)c3ccc(OCC[n+]4ccc(N(C)C)cc4)c(OC)c3)cc2)cc1. The summed E-state index contributed by atoms with van der Waals surface area (Å²) in [6.07, 6.45) is 11.2. The molecule has 0 radical (unpaired) electrons. The minimum atomic E-state index is -0.560. The second kappa shape index (κ2) is 18.2. The lowest BCUT2D eigenvalue weighted by molar-refractivity contribution is -0.697. The largest absolute Gasteiger partial charge is 0.494 e. The van der Waals surface area contributed by atoms with E-state index in [-0.39, 0.29) is 0 Å². The van der Waals surface area contributed by atoms with Crippen molar-refractivity contribution in [1.82, 2.24) is 0 Å². The molecule has 9 nitrogen and oxygen atoms in total. The number of ether oxygens (including phenoxy) is 5. The van der Waals surface area contributed by atoms with E-state index in [0.717, 1.165) is 24.3 Å². The van der Waals surface area contributed by atoms with E-state index in [1.165, 1.54) is 32.8 Å². The number of pyridine rings is 1. The summed E-state index contributed by atoms with van der Waals surface area (Å²) in [6.45, 7) is 3.93. The number of rotatable bonds is 18. The highest BCUT2D eigenvalue weighted by atomic mass is 16.5. The zero-order chi connectivity index (χ0) is 33.4. The van der Waals surface area contributed by atoms with Crippen LogP contribution in [0.3, 0.4) is 0 Å². The van der Waals surface area contributed by atoms with Crippen molar-refractivity contribution < 1.29 is 37.8 Å². The van der Waals surface area contributed by atoms with Gasteiger partial charge in [-0.15, -0.1) is 0 Å². The van der Waals surface area contributed by atoms with Crippen molar-refractivity contribution in [1.29, 1.82) is 0 Å². The standard InChI is InChI=1S/C38H45N2O7/c1-5-6-7-8-9-10-26-44-32-14-11-29(12-15-32)37(41)46-33-16-18-34(19-17-33)47-38(42)30-13-20-35(36(28-30)43-4)45-27-25-40-23-21-31(22-24-40)39(2)3/h11-24,28H,5-10,25-27H2,1-4H3/q+1. The number of nitrogens with zero attached hydrogens (tertiary/aromatic N) is 2. The third-order valence-corrected chi connectivity index (χ3v) is 7.50. The molecule has 0 bridgehead atoms. The molecule has 0 fully saturated rings. The van der Waals surface area contributed by atoms with Crippen LogP contribution < -0.4 is 33.2 Å². The normalized spacial score (nSPS) is 10.6. The van der Waals surface area contributed by atoms with Gasteiger partial charge in [-0.25, -0.2) is 14.2 Å². The van der Waals surface area contributed by atoms with Crippen molar-refractivity contribution in [2.24, 2.45) is 0 Å². The summed E-state index contributed by atoms with van der Waals surface area (Å²) in [7, 11) is 5.52. The highest BCUT2D eigenvalue weighted by molar-refractivity contribution is 5.92. The minimum Gasteiger partial charge on any atom is -0.494 e. The highest BCUT2D eigenvalue weighted by Gasteiger charge is 2.15. The Kier molecular flexibility index (Phi) is 13.5. The molecule has 4 aromatic rings. The van der Waals surface area contributed by atoms with Crippen molar-refractivity contribution in [3.8, 4) is 28.7 Å². The zero-order valence-electron chi connectivity index (χ0n) is 27.8. The molecular formula is C38H45N2O7+. The van der Waals surface area contributed by atoms with Crippen molar-refractivity contribution in [2.75, 3.05) is 39.3 Å². The second-order valence-electron chi connectivity index (χ2n) is 11.3. The van der Waals surface area contributed by atoms with Crippen molar-refractivity contribution in [2.45, 2.75) is 52.0 Å². The Labute approximate surface area is 277 Å². The number of aromatic nitrogens is 1. The van der Waals surface area contributed by atoms with Gasteiger partial charge in [0, 0.05) is 31.9 Å². The number of unbranched alkanes of at least 4 members (excludes halogenated alkanes) is 5. The fraction of sp³-hybridized carbons (Fsp3) is 0.342. The Morgan fingerprint density at radius 3 is 1.83 bits per heavy atom. The van der Waals surface area contributed by atoms with Gasteiger partial charge >= 0.3 is 11.9 Å². The van der Waals surface area contributed by atoms with Crippen LogP contribution in [0.2, 0.25) is 0 Å². The van der Waals surface area contributed by atoms with Gasteiger partial charge in [-0.2, -0.15) is 0 Å². The van der Waals surface area contributed by atoms with Crippen LogP contribution in [0.1, 0.15) is 66.2 Å². The number of hydrogen-bond donors (Lipinski definition) is 0. The molecule has 3 aromatic carbocycles. The third-order valence-electron chi connectivity index (χ3n) is 7.50. The van der Waals surface area contributed by atoms with E-state index in [1.54, 1.807) is 66.7 Å². The first-order valence-electron chi connectivity index (χ1n) is 16.1. The summed E-state index contributed by atoms with van der Waals surface area (Å²) in [5.74, 6) is 1.25. The molecular weight excluding hydrogens is 596 g/mol. The number of anilines is 1. The van der Waals surface area contributed by atoms with E-state index < -0.39 is 11.9 Å². The van der Waals surface area contributed by atoms with Gasteiger partial charge in [0.15, 0.2) is 30.4 Å². The number of carbonyl (C=O) groups excluding carboxylic acids is 2. The van der Waals surface area contributed by atoms with Gasteiger partial charge in [-0.05, 0) is 73.2 Å². The molecule has 248 valence electrons. The van der Waals surface area contributed by atoms with Gasteiger partial charge in [0.2, 0.25) is 0 Å². The van der Waals surface area contributed by atoms with Crippen molar-refractivity contribution >= 4 is 17.6 Å². The fourth-order valence-corrected chi connectivity index (χ4v) is 4.74. The van der Waals surface area contributed by atoms with Crippen LogP contribution >= 0.6 is 0 Å². The van der Waals surface area contributed by atoms with Crippen LogP contribution in [0.25, 0.3) is 0 Å². The quantitative estimate of drug-likeness (QED) is 0.0484. The molecule has 0 unspecified atom stereocenters. The summed E-state index contributed by atoms with van der Waals surface area (Å²) in [4.78, 5) is 27.5. The van der Waals surface area contributed by atoms with E-state index in [0.29, 0.717) is 53.9 Å². The molecule has 0 N–H and O–H groups in total. The van der Waals surface area contributed by atoms with Gasteiger partial charge in [0.05, 0.1) is 24.8 Å². The predicted molar refractivity (Wildman–Crippen MR) is 181 cm³/mol. The average molecular weight is 642 g/mol. The molecule has 0 saturated heterocycles. The van der Waals surface area contributed by atoms with Crippen molar-refractivity contribution in [3.05, 3.63) is 102 Å². The molecule has 1 aromatic heterocycles. The minimum absolute atomic E-state index is 0.303. The van der Waals surface area contributed by atoms with E-state index in [9.17, 15) is 9.59 Å². The van der Waals surface area contributed by atoms with E-state index in [4.69, 9.17) is 23.7 Å². The third kappa shape index (κ3) is 11.1. The summed E-state index contributed by atoms with van der Waals surface area (Å²) in [6, 6.07) is 22.2. The van der Waals surface area contributed by atoms with Gasteiger partial charge in [-0.3, -0.25) is 0 Å². The fourth-order valence-electron chi connectivity index (χ4n) is 4.74. The Morgan fingerprint density at radius 2 is 1.21 bits per heavy atom. The number of methoxy groups -OCH3 is 1. The summed E-state index contributed by atoms with van der Waals surface area (Å²) in [5.41, 5.74) is 1.83. The van der Waals surface area contributed by atoms with Crippen LogP contribution in [-0.4, -0.2) is 46.4 Å². The van der Waals surface area contributed by atoms with E-state index in [2.05, 4.69) is 6.92 Å². The lowest BCUT2D eigenvalue weighted by Crippen LogP contribution is -2.36. The van der Waals surface area contributed by atoms with Gasteiger partial charge in [0.1, 0.15) is 23.9 Å². The molecule has 0 aliphatic heterocycles. The Hall–Kier alpha value is -5.05.